The van der Waals surface area contributed by atoms with Gasteiger partial charge in [-0.1, -0.05) is 6.07 Å². The van der Waals surface area contributed by atoms with Gasteiger partial charge in [-0.2, -0.15) is 0 Å². The summed E-state index contributed by atoms with van der Waals surface area (Å²) in [7, 11) is 1.37. The lowest BCUT2D eigenvalue weighted by Crippen LogP contribution is -2.01. The summed E-state index contributed by atoms with van der Waals surface area (Å²) in [6, 6.07) is 20.8. The molecule has 0 atom stereocenters. The fourth-order valence-electron chi connectivity index (χ4n) is 2.99. The average molecular weight is 361 g/mol. The van der Waals surface area contributed by atoms with Crippen LogP contribution in [0.5, 0.6) is 11.5 Å². The molecule has 0 aliphatic carbocycles. The number of carbonyl (C=O) groups is 1. The number of hydrogen-bond donors (Lipinski definition) is 0. The number of aromatic nitrogens is 1. The van der Waals surface area contributed by atoms with E-state index in [1.165, 1.54) is 19.2 Å². The fraction of sp³-hybridized carbons (Fsp3) is 0.0455. The lowest BCUT2D eigenvalue weighted by molar-refractivity contribution is 0.0603. The molecule has 0 amide bonds. The number of nitrogens with zero attached hydrogens (tertiary/aromatic N) is 1. The highest BCUT2D eigenvalue weighted by atomic mass is 19.1. The minimum absolute atomic E-state index is 0.302. The van der Waals surface area contributed by atoms with Crippen molar-refractivity contribution >= 4 is 16.9 Å². The maximum atomic E-state index is 13.0. The van der Waals surface area contributed by atoms with E-state index in [1.807, 2.05) is 53.2 Å². The molecule has 0 fully saturated rings. The van der Waals surface area contributed by atoms with Crippen LogP contribution in [0, 0.1) is 5.82 Å². The molecule has 27 heavy (non-hydrogen) atoms. The van der Waals surface area contributed by atoms with Crippen LogP contribution in [0.2, 0.25) is 0 Å². The summed E-state index contributed by atoms with van der Waals surface area (Å²) in [5.74, 6) is 0.556. The Morgan fingerprint density at radius 2 is 1.56 bits per heavy atom. The molecule has 0 aliphatic rings. The largest absolute Gasteiger partial charge is 0.465 e. The highest BCUT2D eigenvalue weighted by Crippen LogP contribution is 2.27. The molecule has 1 aromatic heterocycles. The van der Waals surface area contributed by atoms with Gasteiger partial charge in [0, 0.05) is 17.3 Å². The number of benzene rings is 3. The molecule has 0 unspecified atom stereocenters. The fourth-order valence-corrected chi connectivity index (χ4v) is 2.99. The highest BCUT2D eigenvalue weighted by molar-refractivity contribution is 6.04. The zero-order valence-corrected chi connectivity index (χ0v) is 14.6. The van der Waals surface area contributed by atoms with Crippen LogP contribution in [0.3, 0.4) is 0 Å². The van der Waals surface area contributed by atoms with Gasteiger partial charge in [0.2, 0.25) is 0 Å². The lowest BCUT2D eigenvalue weighted by atomic mass is 10.1. The Morgan fingerprint density at radius 3 is 2.22 bits per heavy atom. The van der Waals surface area contributed by atoms with Crippen LogP contribution < -0.4 is 4.74 Å². The topological polar surface area (TPSA) is 40.5 Å². The molecule has 0 saturated heterocycles. The van der Waals surface area contributed by atoms with Crippen LogP contribution in [0.1, 0.15) is 10.4 Å². The van der Waals surface area contributed by atoms with Crippen LogP contribution in [0.4, 0.5) is 4.39 Å². The summed E-state index contributed by atoms with van der Waals surface area (Å²) in [6.07, 6.45) is 1.91. The molecule has 4 nitrogen and oxygen atoms in total. The van der Waals surface area contributed by atoms with Crippen molar-refractivity contribution in [1.82, 2.24) is 4.57 Å². The summed E-state index contributed by atoms with van der Waals surface area (Å²) in [6.45, 7) is 0. The summed E-state index contributed by atoms with van der Waals surface area (Å²) < 4.78 is 25.5. The van der Waals surface area contributed by atoms with Gasteiger partial charge in [0.15, 0.2) is 0 Å². The van der Waals surface area contributed by atoms with Gasteiger partial charge in [-0.05, 0) is 66.7 Å². The van der Waals surface area contributed by atoms with Gasteiger partial charge < -0.3 is 14.0 Å². The molecule has 5 heteroatoms. The smallest absolute Gasteiger partial charge is 0.338 e. The standard InChI is InChI=1S/C22H16FNO3/c1-26-22(25)20-3-2-4-21-19(20)13-14-24(21)16-7-11-18(12-8-16)27-17-9-5-15(23)6-10-17/h2-14H,1H3. The maximum absolute atomic E-state index is 13.0. The Labute approximate surface area is 155 Å². The summed E-state index contributed by atoms with van der Waals surface area (Å²) >= 11 is 0. The first-order chi connectivity index (χ1) is 13.2. The van der Waals surface area contributed by atoms with Crippen LogP contribution in [0.15, 0.2) is 79.0 Å². The summed E-state index contributed by atoms with van der Waals surface area (Å²) in [4.78, 5) is 11.9. The van der Waals surface area contributed by atoms with Gasteiger partial charge in [0.05, 0.1) is 18.2 Å². The number of halogens is 1. The summed E-state index contributed by atoms with van der Waals surface area (Å²) in [5, 5.41) is 0.830. The number of fused-ring (bicyclic) bond motifs is 1. The minimum atomic E-state index is -0.360. The molecule has 4 aromatic rings. The van der Waals surface area contributed by atoms with Gasteiger partial charge in [-0.25, -0.2) is 9.18 Å². The first kappa shape index (κ1) is 16.8. The molecular formula is C22H16FNO3. The van der Waals surface area contributed by atoms with Gasteiger partial charge in [0.25, 0.3) is 0 Å². The predicted octanol–water partition coefficient (Wildman–Crippen LogP) is 5.35. The van der Waals surface area contributed by atoms with Gasteiger partial charge in [-0.15, -0.1) is 0 Å². The van der Waals surface area contributed by atoms with Crippen molar-refractivity contribution in [2.24, 2.45) is 0 Å². The second-order valence-electron chi connectivity index (χ2n) is 5.97. The van der Waals surface area contributed by atoms with E-state index in [-0.39, 0.29) is 11.8 Å². The Kier molecular flexibility index (Phi) is 4.34. The average Bonchev–Trinajstić information content (AvgIpc) is 3.14. The summed E-state index contributed by atoms with van der Waals surface area (Å²) in [5.41, 5.74) is 2.37. The number of ether oxygens (including phenoxy) is 2. The van der Waals surface area contributed by atoms with Crippen molar-refractivity contribution in [1.29, 1.82) is 0 Å². The molecule has 1 heterocycles. The van der Waals surface area contributed by atoms with E-state index < -0.39 is 0 Å². The molecule has 0 aliphatic heterocycles. The van der Waals surface area contributed by atoms with Crippen LogP contribution in [0.25, 0.3) is 16.6 Å². The van der Waals surface area contributed by atoms with Crippen LogP contribution in [-0.2, 0) is 4.74 Å². The van der Waals surface area contributed by atoms with Crippen molar-refractivity contribution in [2.75, 3.05) is 7.11 Å². The van der Waals surface area contributed by atoms with Gasteiger partial charge >= 0.3 is 5.97 Å². The van der Waals surface area contributed by atoms with Crippen molar-refractivity contribution < 1.29 is 18.7 Å². The van der Waals surface area contributed by atoms with Gasteiger partial charge in [0.1, 0.15) is 17.3 Å². The molecule has 134 valence electrons. The number of hydrogen-bond acceptors (Lipinski definition) is 3. The second kappa shape index (κ2) is 6.96. The third kappa shape index (κ3) is 3.27. The third-order valence-electron chi connectivity index (χ3n) is 4.30. The molecule has 0 bridgehead atoms. The van der Waals surface area contributed by atoms with Crippen LogP contribution >= 0.6 is 0 Å². The number of methoxy groups -OCH3 is 1. The van der Waals surface area contributed by atoms with Crippen molar-refractivity contribution in [3.05, 3.63) is 90.4 Å². The highest BCUT2D eigenvalue weighted by Gasteiger charge is 2.13. The Hall–Kier alpha value is -3.60. The Balaban J connectivity index is 1.64. The molecule has 0 radical (unpaired) electrons. The van der Waals surface area contributed by atoms with Crippen molar-refractivity contribution in [3.63, 3.8) is 0 Å². The molecule has 0 spiro atoms. The predicted molar refractivity (Wildman–Crippen MR) is 101 cm³/mol. The number of carbonyl (C=O) groups excluding carboxylic acids is 1. The van der Waals surface area contributed by atoms with E-state index in [0.717, 1.165) is 16.6 Å². The first-order valence-electron chi connectivity index (χ1n) is 8.38. The minimum Gasteiger partial charge on any atom is -0.465 e. The quantitative estimate of drug-likeness (QED) is 0.460. The van der Waals surface area contributed by atoms with E-state index >= 15 is 0 Å². The van der Waals surface area contributed by atoms with E-state index in [0.29, 0.717) is 17.1 Å². The van der Waals surface area contributed by atoms with Crippen molar-refractivity contribution in [3.8, 4) is 17.2 Å². The van der Waals surface area contributed by atoms with E-state index in [1.54, 1.807) is 18.2 Å². The monoisotopic (exact) mass is 361 g/mol. The molecule has 0 saturated carbocycles. The van der Waals surface area contributed by atoms with Gasteiger partial charge in [-0.3, -0.25) is 0 Å². The zero-order chi connectivity index (χ0) is 18.8. The Bertz CT molecular complexity index is 1100. The molecular weight excluding hydrogens is 345 g/mol. The molecule has 0 N–H and O–H groups in total. The number of rotatable bonds is 4. The van der Waals surface area contributed by atoms with E-state index in [9.17, 15) is 9.18 Å². The first-order valence-corrected chi connectivity index (χ1v) is 8.38. The molecule has 3 aromatic carbocycles. The van der Waals surface area contributed by atoms with E-state index in [2.05, 4.69) is 0 Å². The second-order valence-corrected chi connectivity index (χ2v) is 5.97. The maximum Gasteiger partial charge on any atom is 0.338 e. The molecule has 4 rings (SSSR count). The SMILES string of the molecule is COC(=O)c1cccc2c1ccn2-c1ccc(Oc2ccc(F)cc2)cc1. The normalized spacial score (nSPS) is 10.7. The lowest BCUT2D eigenvalue weighted by Gasteiger charge is -2.09. The third-order valence-corrected chi connectivity index (χ3v) is 4.30. The van der Waals surface area contributed by atoms with Crippen LogP contribution in [-0.4, -0.2) is 17.6 Å². The zero-order valence-electron chi connectivity index (χ0n) is 14.6. The van der Waals surface area contributed by atoms with E-state index in [4.69, 9.17) is 9.47 Å². The number of esters is 1. The Morgan fingerprint density at radius 1 is 0.889 bits per heavy atom. The van der Waals surface area contributed by atoms with Crippen molar-refractivity contribution in [2.45, 2.75) is 0 Å².